The third kappa shape index (κ3) is 5.94. The number of carbonyl (C=O) groups is 2. The standard InChI is InChI=1S/C17H27N3O2S/c1-2-3-7-11-20(16(22)14-8-5-4-6-9-14)13-15(21)19-17-18-10-12-23-17/h10,12,14H,2-9,11,13H2,1H3,(H,18,19,21). The Bertz CT molecular complexity index is 484. The molecule has 1 aliphatic carbocycles. The summed E-state index contributed by atoms with van der Waals surface area (Å²) < 4.78 is 0. The summed E-state index contributed by atoms with van der Waals surface area (Å²) in [5.41, 5.74) is 0. The summed E-state index contributed by atoms with van der Waals surface area (Å²) in [5.74, 6) is 0.119. The number of thiazole rings is 1. The molecule has 1 aromatic heterocycles. The van der Waals surface area contributed by atoms with Crippen LogP contribution in [0.4, 0.5) is 5.13 Å². The zero-order valence-electron chi connectivity index (χ0n) is 13.9. The first-order valence-corrected chi connectivity index (χ1v) is 9.56. The lowest BCUT2D eigenvalue weighted by atomic mass is 9.88. The molecule has 1 saturated carbocycles. The van der Waals surface area contributed by atoms with Crippen LogP contribution < -0.4 is 5.32 Å². The molecular weight excluding hydrogens is 310 g/mol. The second-order valence-corrected chi connectivity index (χ2v) is 7.08. The van der Waals surface area contributed by atoms with E-state index in [1.807, 2.05) is 5.38 Å². The van der Waals surface area contributed by atoms with Gasteiger partial charge in [0, 0.05) is 24.0 Å². The maximum absolute atomic E-state index is 12.8. The molecule has 128 valence electrons. The molecule has 1 aliphatic rings. The fourth-order valence-corrected chi connectivity index (χ4v) is 3.59. The van der Waals surface area contributed by atoms with Crippen molar-refractivity contribution in [3.8, 4) is 0 Å². The van der Waals surface area contributed by atoms with E-state index in [9.17, 15) is 9.59 Å². The SMILES string of the molecule is CCCCCN(CC(=O)Nc1nccs1)C(=O)C1CCCCC1. The highest BCUT2D eigenvalue weighted by Gasteiger charge is 2.27. The minimum Gasteiger partial charge on any atom is -0.333 e. The Morgan fingerprint density at radius 1 is 1.30 bits per heavy atom. The number of aromatic nitrogens is 1. The van der Waals surface area contributed by atoms with Crippen LogP contribution in [-0.4, -0.2) is 34.8 Å². The average molecular weight is 337 g/mol. The Balaban J connectivity index is 1.91. The molecule has 1 heterocycles. The lowest BCUT2D eigenvalue weighted by molar-refractivity contribution is -0.139. The predicted octanol–water partition coefficient (Wildman–Crippen LogP) is 3.68. The first-order chi connectivity index (χ1) is 11.2. The van der Waals surface area contributed by atoms with Crippen LogP contribution in [-0.2, 0) is 9.59 Å². The van der Waals surface area contributed by atoms with Crippen molar-refractivity contribution in [2.45, 2.75) is 58.3 Å². The van der Waals surface area contributed by atoms with Gasteiger partial charge in [-0.05, 0) is 19.3 Å². The molecule has 0 radical (unpaired) electrons. The van der Waals surface area contributed by atoms with Crippen LogP contribution in [0.3, 0.4) is 0 Å². The lowest BCUT2D eigenvalue weighted by Gasteiger charge is -2.29. The number of anilines is 1. The van der Waals surface area contributed by atoms with Gasteiger partial charge in [-0.15, -0.1) is 11.3 Å². The molecule has 0 aliphatic heterocycles. The van der Waals surface area contributed by atoms with Gasteiger partial charge in [-0.25, -0.2) is 4.98 Å². The molecule has 23 heavy (non-hydrogen) atoms. The molecule has 6 heteroatoms. The van der Waals surface area contributed by atoms with Crippen LogP contribution in [0, 0.1) is 5.92 Å². The molecule has 1 N–H and O–H groups in total. The van der Waals surface area contributed by atoms with Gasteiger partial charge < -0.3 is 10.2 Å². The van der Waals surface area contributed by atoms with Crippen LogP contribution in [0.15, 0.2) is 11.6 Å². The van der Waals surface area contributed by atoms with Gasteiger partial charge in [0.1, 0.15) is 0 Å². The molecule has 0 unspecified atom stereocenters. The summed E-state index contributed by atoms with van der Waals surface area (Å²) in [7, 11) is 0. The maximum Gasteiger partial charge on any atom is 0.245 e. The predicted molar refractivity (Wildman–Crippen MR) is 93.4 cm³/mol. The van der Waals surface area contributed by atoms with E-state index in [-0.39, 0.29) is 24.3 Å². The molecule has 1 fully saturated rings. The van der Waals surface area contributed by atoms with Crippen molar-refractivity contribution in [2.75, 3.05) is 18.4 Å². The molecule has 0 bridgehead atoms. The van der Waals surface area contributed by atoms with E-state index in [1.165, 1.54) is 17.8 Å². The Hall–Kier alpha value is -1.43. The highest BCUT2D eigenvalue weighted by Crippen LogP contribution is 2.25. The van der Waals surface area contributed by atoms with E-state index in [1.54, 1.807) is 11.1 Å². The zero-order chi connectivity index (χ0) is 16.5. The summed E-state index contributed by atoms with van der Waals surface area (Å²) in [6.07, 6.45) is 10.2. The normalized spacial score (nSPS) is 15.3. The highest BCUT2D eigenvalue weighted by atomic mass is 32.1. The fraction of sp³-hybridized carbons (Fsp3) is 0.706. The third-order valence-corrected chi connectivity index (χ3v) is 5.00. The number of hydrogen-bond acceptors (Lipinski definition) is 4. The van der Waals surface area contributed by atoms with Gasteiger partial charge in [0.15, 0.2) is 5.13 Å². The molecular formula is C17H27N3O2S. The topological polar surface area (TPSA) is 62.3 Å². The van der Waals surface area contributed by atoms with Crippen molar-refractivity contribution in [1.82, 2.24) is 9.88 Å². The number of hydrogen-bond donors (Lipinski definition) is 1. The van der Waals surface area contributed by atoms with E-state index in [0.29, 0.717) is 11.7 Å². The van der Waals surface area contributed by atoms with Crippen molar-refractivity contribution in [3.63, 3.8) is 0 Å². The Morgan fingerprint density at radius 3 is 2.74 bits per heavy atom. The fourth-order valence-electron chi connectivity index (χ4n) is 3.04. The first-order valence-electron chi connectivity index (χ1n) is 8.69. The summed E-state index contributed by atoms with van der Waals surface area (Å²) in [4.78, 5) is 30.8. The minimum absolute atomic E-state index is 0.109. The van der Waals surface area contributed by atoms with Crippen LogP contribution in [0.5, 0.6) is 0 Å². The second kappa shape index (κ2) is 9.65. The first kappa shape index (κ1) is 17.9. The van der Waals surface area contributed by atoms with Crippen molar-refractivity contribution < 1.29 is 9.59 Å². The van der Waals surface area contributed by atoms with Gasteiger partial charge in [-0.2, -0.15) is 0 Å². The van der Waals surface area contributed by atoms with Gasteiger partial charge in [-0.1, -0.05) is 39.0 Å². The van der Waals surface area contributed by atoms with Gasteiger partial charge >= 0.3 is 0 Å². The van der Waals surface area contributed by atoms with E-state index >= 15 is 0 Å². The summed E-state index contributed by atoms with van der Waals surface area (Å²) in [6.45, 7) is 2.95. The molecule has 0 saturated heterocycles. The Kier molecular flexibility index (Phi) is 7.52. The molecule has 0 atom stereocenters. The van der Waals surface area contributed by atoms with E-state index < -0.39 is 0 Å². The highest BCUT2D eigenvalue weighted by molar-refractivity contribution is 7.13. The molecule has 0 aromatic carbocycles. The van der Waals surface area contributed by atoms with E-state index in [4.69, 9.17) is 0 Å². The number of nitrogens with zero attached hydrogens (tertiary/aromatic N) is 2. The van der Waals surface area contributed by atoms with Crippen LogP contribution >= 0.6 is 11.3 Å². The molecule has 5 nitrogen and oxygen atoms in total. The van der Waals surface area contributed by atoms with Gasteiger partial charge in [0.25, 0.3) is 0 Å². The number of nitrogens with one attached hydrogen (secondary N) is 1. The Morgan fingerprint density at radius 2 is 2.09 bits per heavy atom. The second-order valence-electron chi connectivity index (χ2n) is 6.19. The van der Waals surface area contributed by atoms with Crippen LogP contribution in [0.1, 0.15) is 58.3 Å². The summed E-state index contributed by atoms with van der Waals surface area (Å²) in [6, 6.07) is 0. The summed E-state index contributed by atoms with van der Waals surface area (Å²) in [5, 5.41) is 5.19. The number of rotatable bonds is 8. The van der Waals surface area contributed by atoms with E-state index in [0.717, 1.165) is 44.9 Å². The summed E-state index contributed by atoms with van der Waals surface area (Å²) >= 11 is 1.39. The maximum atomic E-state index is 12.8. The lowest BCUT2D eigenvalue weighted by Crippen LogP contribution is -2.42. The van der Waals surface area contributed by atoms with Gasteiger partial charge in [0.2, 0.25) is 11.8 Å². The van der Waals surface area contributed by atoms with E-state index in [2.05, 4.69) is 17.2 Å². The number of amides is 2. The molecule has 2 amide bonds. The quantitative estimate of drug-likeness (QED) is 0.736. The van der Waals surface area contributed by atoms with Crippen molar-refractivity contribution in [1.29, 1.82) is 0 Å². The zero-order valence-corrected chi connectivity index (χ0v) is 14.7. The molecule has 1 aromatic rings. The smallest absolute Gasteiger partial charge is 0.245 e. The number of unbranched alkanes of at least 4 members (excludes halogenated alkanes) is 2. The largest absolute Gasteiger partial charge is 0.333 e. The molecule has 2 rings (SSSR count). The third-order valence-electron chi connectivity index (χ3n) is 4.31. The average Bonchev–Trinajstić information content (AvgIpc) is 3.07. The van der Waals surface area contributed by atoms with Crippen molar-refractivity contribution in [2.24, 2.45) is 5.92 Å². The Labute approximate surface area is 142 Å². The van der Waals surface area contributed by atoms with Crippen molar-refractivity contribution >= 4 is 28.3 Å². The van der Waals surface area contributed by atoms with Gasteiger partial charge in [-0.3, -0.25) is 9.59 Å². The molecule has 0 spiro atoms. The van der Waals surface area contributed by atoms with Gasteiger partial charge in [0.05, 0.1) is 6.54 Å². The van der Waals surface area contributed by atoms with Crippen LogP contribution in [0.2, 0.25) is 0 Å². The number of carbonyl (C=O) groups excluding carboxylic acids is 2. The van der Waals surface area contributed by atoms with Crippen molar-refractivity contribution in [3.05, 3.63) is 11.6 Å². The monoisotopic (exact) mass is 337 g/mol. The minimum atomic E-state index is -0.152. The van der Waals surface area contributed by atoms with Crippen LogP contribution in [0.25, 0.3) is 0 Å².